The summed E-state index contributed by atoms with van der Waals surface area (Å²) in [6.07, 6.45) is 4.14. The molecule has 6 nitrogen and oxygen atoms in total. The van der Waals surface area contributed by atoms with E-state index in [0.29, 0.717) is 5.92 Å². The minimum absolute atomic E-state index is 0.669. The van der Waals surface area contributed by atoms with Crippen molar-refractivity contribution in [3.8, 4) is 0 Å². The largest absolute Gasteiger partial charge is 0.381 e. The number of aromatic nitrogens is 2. The van der Waals surface area contributed by atoms with E-state index >= 15 is 0 Å². The number of nitrogens with zero attached hydrogens (tertiary/aromatic N) is 3. The van der Waals surface area contributed by atoms with Gasteiger partial charge in [-0.2, -0.15) is 0 Å². The third-order valence-electron chi connectivity index (χ3n) is 4.01. The number of hydrazine groups is 1. The van der Waals surface area contributed by atoms with Gasteiger partial charge in [0.25, 0.3) is 0 Å². The number of anilines is 2. The fourth-order valence-electron chi connectivity index (χ4n) is 2.80. The second-order valence-electron chi connectivity index (χ2n) is 5.77. The van der Waals surface area contributed by atoms with Gasteiger partial charge in [0, 0.05) is 38.8 Å². The highest BCUT2D eigenvalue weighted by atomic mass is 16.5. The van der Waals surface area contributed by atoms with Crippen LogP contribution in [-0.4, -0.2) is 36.8 Å². The van der Waals surface area contributed by atoms with E-state index in [4.69, 9.17) is 15.6 Å². The minimum atomic E-state index is 0.669. The Morgan fingerprint density at radius 2 is 2.05 bits per heavy atom. The van der Waals surface area contributed by atoms with E-state index in [0.717, 1.165) is 68.5 Å². The number of rotatable bonds is 6. The van der Waals surface area contributed by atoms with Gasteiger partial charge in [-0.25, -0.2) is 15.8 Å². The van der Waals surface area contributed by atoms with Crippen molar-refractivity contribution >= 4 is 11.6 Å². The van der Waals surface area contributed by atoms with Gasteiger partial charge in [0.15, 0.2) is 0 Å². The number of ether oxygens (including phenoxy) is 1. The molecule has 0 atom stereocenters. The molecule has 118 valence electrons. The van der Waals surface area contributed by atoms with E-state index in [-0.39, 0.29) is 0 Å². The SMILES string of the molecule is CCCc1nc(NN)c(C)c(N(C)CC2CCOCC2)n1. The van der Waals surface area contributed by atoms with E-state index in [1.165, 1.54) is 0 Å². The lowest BCUT2D eigenvalue weighted by atomic mass is 10.00. The number of hydrogen-bond acceptors (Lipinski definition) is 6. The molecule has 2 heterocycles. The van der Waals surface area contributed by atoms with Gasteiger partial charge in [0.1, 0.15) is 17.5 Å². The first kappa shape index (κ1) is 16.0. The monoisotopic (exact) mass is 293 g/mol. The molecule has 1 aliphatic heterocycles. The highest BCUT2D eigenvalue weighted by Crippen LogP contribution is 2.25. The molecule has 0 bridgehead atoms. The van der Waals surface area contributed by atoms with Crippen molar-refractivity contribution < 1.29 is 4.74 Å². The third kappa shape index (κ3) is 4.04. The van der Waals surface area contributed by atoms with Gasteiger partial charge < -0.3 is 15.1 Å². The molecule has 1 aromatic heterocycles. The van der Waals surface area contributed by atoms with Gasteiger partial charge in [-0.1, -0.05) is 6.92 Å². The zero-order valence-corrected chi connectivity index (χ0v) is 13.4. The van der Waals surface area contributed by atoms with Crippen molar-refractivity contribution in [2.75, 3.05) is 37.1 Å². The summed E-state index contributed by atoms with van der Waals surface area (Å²) in [6, 6.07) is 0. The zero-order chi connectivity index (χ0) is 15.2. The minimum Gasteiger partial charge on any atom is -0.381 e. The van der Waals surface area contributed by atoms with Crippen molar-refractivity contribution in [3.63, 3.8) is 0 Å². The molecule has 3 N–H and O–H groups in total. The molecule has 0 aromatic carbocycles. The van der Waals surface area contributed by atoms with Gasteiger partial charge in [-0.15, -0.1) is 0 Å². The van der Waals surface area contributed by atoms with Crippen LogP contribution in [-0.2, 0) is 11.2 Å². The van der Waals surface area contributed by atoms with E-state index in [2.05, 4.69) is 29.3 Å². The highest BCUT2D eigenvalue weighted by Gasteiger charge is 2.19. The molecular formula is C15H27N5O. The highest BCUT2D eigenvalue weighted by molar-refractivity contribution is 5.57. The van der Waals surface area contributed by atoms with Crippen LogP contribution in [0.3, 0.4) is 0 Å². The van der Waals surface area contributed by atoms with Crippen molar-refractivity contribution in [1.29, 1.82) is 0 Å². The first-order chi connectivity index (χ1) is 10.2. The molecule has 1 aromatic rings. The summed E-state index contributed by atoms with van der Waals surface area (Å²) in [5.41, 5.74) is 3.70. The van der Waals surface area contributed by atoms with E-state index in [1.54, 1.807) is 0 Å². The fourth-order valence-corrected chi connectivity index (χ4v) is 2.80. The molecule has 0 saturated carbocycles. The molecular weight excluding hydrogens is 266 g/mol. The summed E-state index contributed by atoms with van der Waals surface area (Å²) < 4.78 is 5.43. The smallest absolute Gasteiger partial charge is 0.148 e. The lowest BCUT2D eigenvalue weighted by Gasteiger charge is -2.29. The van der Waals surface area contributed by atoms with Crippen molar-refractivity contribution in [3.05, 3.63) is 11.4 Å². The predicted molar refractivity (Wildman–Crippen MR) is 85.4 cm³/mol. The zero-order valence-electron chi connectivity index (χ0n) is 13.4. The number of aryl methyl sites for hydroxylation is 1. The summed E-state index contributed by atoms with van der Waals surface area (Å²) in [5, 5.41) is 0. The van der Waals surface area contributed by atoms with Crippen LogP contribution in [0.15, 0.2) is 0 Å². The Balaban J connectivity index is 2.17. The van der Waals surface area contributed by atoms with Gasteiger partial charge in [-0.05, 0) is 32.1 Å². The Labute approximate surface area is 127 Å². The summed E-state index contributed by atoms with van der Waals surface area (Å²) in [5.74, 6) is 8.82. The molecule has 0 amide bonds. The second kappa shape index (κ2) is 7.56. The summed E-state index contributed by atoms with van der Waals surface area (Å²) in [7, 11) is 2.10. The number of nitrogens with one attached hydrogen (secondary N) is 1. The molecule has 6 heteroatoms. The molecule has 1 saturated heterocycles. The van der Waals surface area contributed by atoms with E-state index in [1.807, 2.05) is 6.92 Å². The maximum absolute atomic E-state index is 5.59. The first-order valence-electron chi connectivity index (χ1n) is 7.78. The summed E-state index contributed by atoms with van der Waals surface area (Å²) in [6.45, 7) is 6.89. The second-order valence-corrected chi connectivity index (χ2v) is 5.77. The average Bonchev–Trinajstić information content (AvgIpc) is 2.50. The Morgan fingerprint density at radius 1 is 1.33 bits per heavy atom. The van der Waals surface area contributed by atoms with Crippen LogP contribution in [0.25, 0.3) is 0 Å². The van der Waals surface area contributed by atoms with Crippen molar-refractivity contribution in [2.45, 2.75) is 39.5 Å². The first-order valence-corrected chi connectivity index (χ1v) is 7.78. The Hall–Kier alpha value is -1.40. The van der Waals surface area contributed by atoms with Crippen molar-refractivity contribution in [1.82, 2.24) is 9.97 Å². The molecule has 0 spiro atoms. The van der Waals surface area contributed by atoms with Crippen LogP contribution in [0, 0.1) is 12.8 Å². The number of nitrogen functional groups attached to an aromatic ring is 1. The maximum Gasteiger partial charge on any atom is 0.148 e. The molecule has 0 radical (unpaired) electrons. The number of nitrogens with two attached hydrogens (primary N) is 1. The van der Waals surface area contributed by atoms with Crippen molar-refractivity contribution in [2.24, 2.45) is 11.8 Å². The van der Waals surface area contributed by atoms with E-state index < -0.39 is 0 Å². The Bertz CT molecular complexity index is 460. The van der Waals surface area contributed by atoms with Crippen LogP contribution < -0.4 is 16.2 Å². The van der Waals surface area contributed by atoms with Gasteiger partial charge in [0.05, 0.1) is 0 Å². The van der Waals surface area contributed by atoms with Gasteiger partial charge in [0.2, 0.25) is 0 Å². The fraction of sp³-hybridized carbons (Fsp3) is 0.733. The van der Waals surface area contributed by atoms with Crippen LogP contribution in [0.4, 0.5) is 11.6 Å². The molecule has 0 aliphatic carbocycles. The predicted octanol–water partition coefficient (Wildman–Crippen LogP) is 1.89. The Kier molecular flexibility index (Phi) is 5.76. The van der Waals surface area contributed by atoms with E-state index in [9.17, 15) is 0 Å². The quantitative estimate of drug-likeness (QED) is 0.616. The van der Waals surface area contributed by atoms with Crippen LogP contribution >= 0.6 is 0 Å². The third-order valence-corrected chi connectivity index (χ3v) is 4.01. The Morgan fingerprint density at radius 3 is 2.67 bits per heavy atom. The lowest BCUT2D eigenvalue weighted by Crippen LogP contribution is -2.31. The molecule has 2 rings (SSSR count). The maximum atomic E-state index is 5.59. The van der Waals surface area contributed by atoms with Crippen LogP contribution in [0.2, 0.25) is 0 Å². The normalized spacial score (nSPS) is 16.0. The topological polar surface area (TPSA) is 76.3 Å². The van der Waals surface area contributed by atoms with Crippen LogP contribution in [0.5, 0.6) is 0 Å². The van der Waals surface area contributed by atoms with Crippen LogP contribution in [0.1, 0.15) is 37.6 Å². The lowest BCUT2D eigenvalue weighted by molar-refractivity contribution is 0.0685. The average molecular weight is 293 g/mol. The van der Waals surface area contributed by atoms with Gasteiger partial charge >= 0.3 is 0 Å². The molecule has 0 unspecified atom stereocenters. The summed E-state index contributed by atoms with van der Waals surface area (Å²) in [4.78, 5) is 11.4. The molecule has 21 heavy (non-hydrogen) atoms. The summed E-state index contributed by atoms with van der Waals surface area (Å²) >= 11 is 0. The molecule has 1 aliphatic rings. The number of hydrogen-bond donors (Lipinski definition) is 2. The standard InChI is InChI=1S/C15H27N5O/c1-4-5-13-17-14(19-16)11(2)15(18-13)20(3)10-12-6-8-21-9-7-12/h12H,4-10,16H2,1-3H3,(H,17,18,19). The van der Waals surface area contributed by atoms with Gasteiger partial charge in [-0.3, -0.25) is 0 Å². The molecule has 1 fully saturated rings.